The third kappa shape index (κ3) is 3.01. The van der Waals surface area contributed by atoms with Crippen molar-refractivity contribution in [3.63, 3.8) is 0 Å². The predicted molar refractivity (Wildman–Crippen MR) is 95.9 cm³/mol. The van der Waals surface area contributed by atoms with Crippen LogP contribution in [0.3, 0.4) is 0 Å². The van der Waals surface area contributed by atoms with E-state index in [1.165, 1.54) is 29.3 Å². The average Bonchev–Trinajstić information content (AvgIpc) is 2.97. The third-order valence-electron chi connectivity index (χ3n) is 4.19. The number of imidazole rings is 1. The average molecular weight is 361 g/mol. The van der Waals surface area contributed by atoms with Crippen molar-refractivity contribution in [2.45, 2.75) is 19.6 Å². The number of aliphatic hydroxyl groups is 1. The molecule has 0 spiro atoms. The lowest BCUT2D eigenvalue weighted by Crippen LogP contribution is -2.37. The molecule has 0 fully saturated rings. The van der Waals surface area contributed by atoms with Crippen LogP contribution < -0.4 is 16.6 Å². The first kappa shape index (κ1) is 17.9. The fraction of sp³-hybridized carbons (Fsp3) is 0.353. The molecule has 9 heteroatoms. The molecule has 0 aliphatic carbocycles. The van der Waals surface area contributed by atoms with Crippen LogP contribution in [0.4, 0.5) is 10.3 Å². The van der Waals surface area contributed by atoms with Crippen molar-refractivity contribution in [3.05, 3.63) is 56.5 Å². The van der Waals surface area contributed by atoms with Crippen LogP contribution in [0, 0.1) is 5.82 Å². The Kier molecular flexibility index (Phi) is 4.64. The summed E-state index contributed by atoms with van der Waals surface area (Å²) in [6.07, 6.45) is -0.650. The van der Waals surface area contributed by atoms with Gasteiger partial charge in [-0.1, -0.05) is 18.2 Å². The van der Waals surface area contributed by atoms with Gasteiger partial charge < -0.3 is 10.4 Å². The Bertz CT molecular complexity index is 1080. The monoisotopic (exact) mass is 361 g/mol. The van der Waals surface area contributed by atoms with Gasteiger partial charge in [-0.3, -0.25) is 18.5 Å². The number of fused-ring (bicyclic) bond motifs is 1. The highest BCUT2D eigenvalue weighted by atomic mass is 19.1. The number of hydrogen-bond acceptors (Lipinski definition) is 5. The second kappa shape index (κ2) is 6.75. The van der Waals surface area contributed by atoms with Gasteiger partial charge in [0, 0.05) is 26.2 Å². The van der Waals surface area contributed by atoms with E-state index in [0.717, 1.165) is 4.57 Å². The van der Waals surface area contributed by atoms with Gasteiger partial charge in [-0.05, 0) is 13.0 Å². The SMILES string of the molecule is CC(O)CNc1nc2c(c(=O)n(C)c(=O)n2C)n1Cc1ccccc1F. The lowest BCUT2D eigenvalue weighted by atomic mass is 10.2. The van der Waals surface area contributed by atoms with E-state index >= 15 is 0 Å². The Morgan fingerprint density at radius 2 is 1.92 bits per heavy atom. The Morgan fingerprint density at radius 1 is 1.23 bits per heavy atom. The summed E-state index contributed by atoms with van der Waals surface area (Å²) in [5.74, 6) is -0.125. The summed E-state index contributed by atoms with van der Waals surface area (Å²) in [6.45, 7) is 1.85. The number of halogens is 1. The molecule has 0 radical (unpaired) electrons. The summed E-state index contributed by atoms with van der Waals surface area (Å²) >= 11 is 0. The second-order valence-electron chi connectivity index (χ2n) is 6.22. The molecule has 0 aliphatic heterocycles. The summed E-state index contributed by atoms with van der Waals surface area (Å²) in [4.78, 5) is 29.2. The van der Waals surface area contributed by atoms with Gasteiger partial charge in [-0.25, -0.2) is 9.18 Å². The lowest BCUT2D eigenvalue weighted by molar-refractivity contribution is 0.208. The van der Waals surface area contributed by atoms with Crippen molar-refractivity contribution in [2.24, 2.45) is 14.1 Å². The first-order valence-corrected chi connectivity index (χ1v) is 8.12. The molecule has 26 heavy (non-hydrogen) atoms. The van der Waals surface area contributed by atoms with Crippen LogP contribution in [0.25, 0.3) is 11.2 Å². The van der Waals surface area contributed by atoms with Crippen molar-refractivity contribution in [2.75, 3.05) is 11.9 Å². The smallest absolute Gasteiger partial charge is 0.332 e. The molecule has 2 heterocycles. The van der Waals surface area contributed by atoms with Crippen LogP contribution in [0.5, 0.6) is 0 Å². The Balaban J connectivity index is 2.26. The van der Waals surface area contributed by atoms with Crippen LogP contribution in [0.1, 0.15) is 12.5 Å². The molecule has 0 amide bonds. The lowest BCUT2D eigenvalue weighted by Gasteiger charge is -2.12. The summed E-state index contributed by atoms with van der Waals surface area (Å²) in [5.41, 5.74) is -0.256. The third-order valence-corrected chi connectivity index (χ3v) is 4.19. The van der Waals surface area contributed by atoms with E-state index in [-0.39, 0.29) is 30.2 Å². The van der Waals surface area contributed by atoms with Gasteiger partial charge in [0.1, 0.15) is 5.82 Å². The molecule has 138 valence electrons. The molecule has 1 aromatic carbocycles. The Morgan fingerprint density at radius 3 is 2.58 bits per heavy atom. The molecule has 3 aromatic rings. The predicted octanol–water partition coefficient (Wildman–Crippen LogP) is 0.414. The van der Waals surface area contributed by atoms with Gasteiger partial charge in [0.2, 0.25) is 5.95 Å². The fourth-order valence-electron chi connectivity index (χ4n) is 2.77. The van der Waals surface area contributed by atoms with Crippen molar-refractivity contribution >= 4 is 17.1 Å². The topological polar surface area (TPSA) is 94.1 Å². The van der Waals surface area contributed by atoms with Crippen molar-refractivity contribution in [3.8, 4) is 0 Å². The zero-order valence-corrected chi connectivity index (χ0v) is 14.7. The minimum atomic E-state index is -0.650. The Labute approximate surface area is 148 Å². The highest BCUT2D eigenvalue weighted by Crippen LogP contribution is 2.19. The van der Waals surface area contributed by atoms with Crippen molar-refractivity contribution in [1.29, 1.82) is 0 Å². The molecule has 0 bridgehead atoms. The van der Waals surface area contributed by atoms with E-state index in [0.29, 0.717) is 5.56 Å². The number of aryl methyl sites for hydroxylation is 1. The maximum Gasteiger partial charge on any atom is 0.332 e. The van der Waals surface area contributed by atoms with E-state index in [4.69, 9.17) is 0 Å². The molecule has 8 nitrogen and oxygen atoms in total. The van der Waals surface area contributed by atoms with E-state index < -0.39 is 23.2 Å². The molecular formula is C17H20FN5O3. The molecule has 3 rings (SSSR count). The van der Waals surface area contributed by atoms with Crippen LogP contribution in [-0.4, -0.2) is 36.4 Å². The normalized spacial score (nSPS) is 12.5. The van der Waals surface area contributed by atoms with Crippen molar-refractivity contribution < 1.29 is 9.50 Å². The number of benzene rings is 1. The van der Waals surface area contributed by atoms with Gasteiger partial charge in [0.05, 0.1) is 12.6 Å². The molecule has 0 saturated carbocycles. The summed E-state index contributed by atoms with van der Waals surface area (Å²) in [7, 11) is 2.90. The number of rotatable bonds is 5. The molecule has 1 unspecified atom stereocenters. The van der Waals surface area contributed by atoms with Crippen LogP contribution >= 0.6 is 0 Å². The standard InChI is InChI=1S/C17H20FN5O3/c1-10(24)8-19-16-20-14-13(15(25)22(3)17(26)21(14)2)23(16)9-11-6-4-5-7-12(11)18/h4-7,10,24H,8-9H2,1-3H3,(H,19,20). The van der Waals surface area contributed by atoms with Crippen LogP contribution in [0.15, 0.2) is 33.9 Å². The maximum absolute atomic E-state index is 14.1. The number of nitrogens with zero attached hydrogens (tertiary/aromatic N) is 4. The van der Waals surface area contributed by atoms with Crippen LogP contribution in [0.2, 0.25) is 0 Å². The first-order valence-electron chi connectivity index (χ1n) is 8.12. The van der Waals surface area contributed by atoms with Gasteiger partial charge in [-0.2, -0.15) is 4.98 Å². The van der Waals surface area contributed by atoms with Crippen LogP contribution in [-0.2, 0) is 20.6 Å². The van der Waals surface area contributed by atoms with Gasteiger partial charge in [-0.15, -0.1) is 0 Å². The number of anilines is 1. The molecule has 0 aliphatic rings. The number of aromatic nitrogens is 4. The van der Waals surface area contributed by atoms with E-state index in [1.54, 1.807) is 25.1 Å². The highest BCUT2D eigenvalue weighted by Gasteiger charge is 2.20. The molecule has 1 atom stereocenters. The summed E-state index contributed by atoms with van der Waals surface area (Å²) in [5, 5.41) is 12.5. The summed E-state index contributed by atoms with van der Waals surface area (Å²) in [6, 6.07) is 6.24. The molecule has 0 saturated heterocycles. The molecular weight excluding hydrogens is 341 g/mol. The zero-order valence-electron chi connectivity index (χ0n) is 14.7. The maximum atomic E-state index is 14.1. The fourth-order valence-corrected chi connectivity index (χ4v) is 2.77. The van der Waals surface area contributed by atoms with Crippen molar-refractivity contribution in [1.82, 2.24) is 18.7 Å². The second-order valence-corrected chi connectivity index (χ2v) is 6.22. The zero-order chi connectivity index (χ0) is 19.0. The molecule has 2 aromatic heterocycles. The van der Waals surface area contributed by atoms with Gasteiger partial charge in [0.25, 0.3) is 5.56 Å². The number of aliphatic hydroxyl groups excluding tert-OH is 1. The quantitative estimate of drug-likeness (QED) is 0.687. The first-order chi connectivity index (χ1) is 12.3. The highest BCUT2D eigenvalue weighted by molar-refractivity contribution is 5.74. The van der Waals surface area contributed by atoms with E-state index in [9.17, 15) is 19.1 Å². The molecule has 2 N–H and O–H groups in total. The summed E-state index contributed by atoms with van der Waals surface area (Å²) < 4.78 is 17.9. The van der Waals surface area contributed by atoms with Gasteiger partial charge in [0.15, 0.2) is 11.2 Å². The Hall–Kier alpha value is -2.94. The largest absolute Gasteiger partial charge is 0.392 e. The van der Waals surface area contributed by atoms with Gasteiger partial charge >= 0.3 is 5.69 Å². The minimum Gasteiger partial charge on any atom is -0.392 e. The minimum absolute atomic E-state index is 0.0543. The van der Waals surface area contributed by atoms with E-state index in [1.807, 2.05) is 0 Å². The number of hydrogen-bond donors (Lipinski definition) is 2. The number of nitrogens with one attached hydrogen (secondary N) is 1. The van der Waals surface area contributed by atoms with E-state index in [2.05, 4.69) is 10.3 Å².